The van der Waals surface area contributed by atoms with Crippen molar-refractivity contribution >= 4 is 17.9 Å². The van der Waals surface area contributed by atoms with Crippen molar-refractivity contribution in [2.75, 3.05) is 20.1 Å². The van der Waals surface area contributed by atoms with Crippen LogP contribution >= 0.6 is 0 Å². The smallest absolute Gasteiger partial charge is 0.321 e. The van der Waals surface area contributed by atoms with E-state index in [2.05, 4.69) is 10.6 Å². The summed E-state index contributed by atoms with van der Waals surface area (Å²) in [7, 11) is 1.62. The fourth-order valence-corrected chi connectivity index (χ4v) is 1.32. The average Bonchev–Trinajstić information content (AvgIpc) is 2.14. The number of carbonyl (C=O) groups is 3. The highest BCUT2D eigenvalue weighted by Gasteiger charge is 2.16. The van der Waals surface area contributed by atoms with Gasteiger partial charge in [-0.3, -0.25) is 19.8 Å². The number of likely N-dealkylation sites (N-methyl/N-ethyl adjacent to an activating group) is 1. The number of rotatable bonds is 6. The highest BCUT2D eigenvalue weighted by molar-refractivity contribution is 5.95. The van der Waals surface area contributed by atoms with Crippen LogP contribution in [-0.4, -0.2) is 54.1 Å². The Morgan fingerprint density at radius 2 is 1.78 bits per heavy atom. The van der Waals surface area contributed by atoms with E-state index in [-0.39, 0.29) is 19.1 Å². The zero-order chi connectivity index (χ0) is 14.3. The standard InChI is InChI=1S/C11H21N3O4/c1-7(2)12-11(18)13-9(15)6-14(4)5-8(3)10(16)17/h7-8H,5-6H2,1-4H3,(H,16,17)(H2,12,13,15,18). The zero-order valence-corrected chi connectivity index (χ0v) is 11.2. The lowest BCUT2D eigenvalue weighted by Crippen LogP contribution is -2.46. The van der Waals surface area contributed by atoms with Crippen LogP contribution in [0.2, 0.25) is 0 Å². The third-order valence-electron chi connectivity index (χ3n) is 2.09. The minimum Gasteiger partial charge on any atom is -0.481 e. The molecule has 104 valence electrons. The first-order valence-electron chi connectivity index (χ1n) is 5.74. The molecule has 0 aromatic carbocycles. The van der Waals surface area contributed by atoms with Crippen molar-refractivity contribution in [3.63, 3.8) is 0 Å². The van der Waals surface area contributed by atoms with Gasteiger partial charge in [0.15, 0.2) is 0 Å². The molecule has 1 unspecified atom stereocenters. The molecule has 0 bridgehead atoms. The highest BCUT2D eigenvalue weighted by Crippen LogP contribution is 1.97. The maximum Gasteiger partial charge on any atom is 0.321 e. The second kappa shape index (κ2) is 7.65. The van der Waals surface area contributed by atoms with Crippen molar-refractivity contribution in [3.05, 3.63) is 0 Å². The number of aliphatic carboxylic acids is 1. The average molecular weight is 259 g/mol. The minimum absolute atomic E-state index is 0.0247. The molecule has 0 fully saturated rings. The molecule has 0 spiro atoms. The minimum atomic E-state index is -0.917. The molecule has 3 N–H and O–H groups in total. The van der Waals surface area contributed by atoms with Crippen LogP contribution in [0.3, 0.4) is 0 Å². The summed E-state index contributed by atoms with van der Waals surface area (Å²) in [5.41, 5.74) is 0. The van der Waals surface area contributed by atoms with E-state index in [4.69, 9.17) is 5.11 Å². The van der Waals surface area contributed by atoms with Crippen LogP contribution in [0.4, 0.5) is 4.79 Å². The van der Waals surface area contributed by atoms with Gasteiger partial charge in [0, 0.05) is 12.6 Å². The van der Waals surface area contributed by atoms with E-state index in [0.717, 1.165) is 0 Å². The Bertz CT molecular complexity index is 317. The van der Waals surface area contributed by atoms with Gasteiger partial charge in [-0.05, 0) is 20.9 Å². The highest BCUT2D eigenvalue weighted by atomic mass is 16.4. The number of nitrogens with zero attached hydrogens (tertiary/aromatic N) is 1. The zero-order valence-electron chi connectivity index (χ0n) is 11.2. The molecular weight excluding hydrogens is 238 g/mol. The Balaban J connectivity index is 4.01. The Morgan fingerprint density at radius 3 is 2.22 bits per heavy atom. The first kappa shape index (κ1) is 16.4. The molecule has 0 aromatic heterocycles. The first-order valence-corrected chi connectivity index (χ1v) is 5.74. The van der Waals surface area contributed by atoms with E-state index in [1.165, 1.54) is 0 Å². The Morgan fingerprint density at radius 1 is 1.22 bits per heavy atom. The topological polar surface area (TPSA) is 98.7 Å². The van der Waals surface area contributed by atoms with Gasteiger partial charge in [0.2, 0.25) is 5.91 Å². The fraction of sp³-hybridized carbons (Fsp3) is 0.727. The lowest BCUT2D eigenvalue weighted by Gasteiger charge is -2.18. The molecule has 0 aliphatic heterocycles. The molecule has 0 radical (unpaired) electrons. The van der Waals surface area contributed by atoms with Crippen molar-refractivity contribution in [1.29, 1.82) is 0 Å². The van der Waals surface area contributed by atoms with Crippen molar-refractivity contribution in [3.8, 4) is 0 Å². The van der Waals surface area contributed by atoms with Gasteiger partial charge < -0.3 is 10.4 Å². The van der Waals surface area contributed by atoms with Gasteiger partial charge in [-0.2, -0.15) is 0 Å². The summed E-state index contributed by atoms with van der Waals surface area (Å²) in [6.07, 6.45) is 0. The third kappa shape index (κ3) is 7.61. The lowest BCUT2D eigenvalue weighted by atomic mass is 10.2. The van der Waals surface area contributed by atoms with Crippen LogP contribution in [0.15, 0.2) is 0 Å². The number of carboxylic acids is 1. The lowest BCUT2D eigenvalue weighted by molar-refractivity contribution is -0.142. The number of carboxylic acid groups (broad SMARTS) is 1. The second-order valence-electron chi connectivity index (χ2n) is 4.61. The summed E-state index contributed by atoms with van der Waals surface area (Å²) in [4.78, 5) is 34.8. The van der Waals surface area contributed by atoms with Gasteiger partial charge >= 0.3 is 12.0 Å². The molecule has 3 amide bonds. The van der Waals surface area contributed by atoms with Crippen molar-refractivity contribution in [2.45, 2.75) is 26.8 Å². The Labute approximate surface area is 107 Å². The quantitative estimate of drug-likeness (QED) is 0.617. The molecular formula is C11H21N3O4. The summed E-state index contributed by atoms with van der Waals surface area (Å²) in [5.74, 6) is -1.94. The molecule has 0 saturated heterocycles. The van der Waals surface area contributed by atoms with Gasteiger partial charge in [0.1, 0.15) is 0 Å². The predicted octanol–water partition coefficient (Wildman–Crippen LogP) is -0.127. The van der Waals surface area contributed by atoms with Crippen LogP contribution in [0.5, 0.6) is 0 Å². The van der Waals surface area contributed by atoms with Crippen molar-refractivity contribution in [1.82, 2.24) is 15.5 Å². The molecule has 18 heavy (non-hydrogen) atoms. The van der Waals surface area contributed by atoms with E-state index in [1.54, 1.807) is 32.7 Å². The number of hydrogen-bond acceptors (Lipinski definition) is 4. The van der Waals surface area contributed by atoms with Gasteiger partial charge in [-0.15, -0.1) is 0 Å². The van der Waals surface area contributed by atoms with Crippen LogP contribution in [0, 0.1) is 5.92 Å². The third-order valence-corrected chi connectivity index (χ3v) is 2.09. The summed E-state index contributed by atoms with van der Waals surface area (Å²) in [6.45, 7) is 5.34. The molecule has 0 rings (SSSR count). The van der Waals surface area contributed by atoms with Gasteiger partial charge in [-0.1, -0.05) is 6.92 Å². The van der Waals surface area contributed by atoms with Crippen LogP contribution < -0.4 is 10.6 Å². The summed E-state index contributed by atoms with van der Waals surface area (Å²) in [6, 6.07) is -0.600. The van der Waals surface area contributed by atoms with E-state index in [9.17, 15) is 14.4 Å². The normalized spacial score (nSPS) is 12.3. The van der Waals surface area contributed by atoms with E-state index < -0.39 is 23.8 Å². The number of hydrogen-bond donors (Lipinski definition) is 3. The number of urea groups is 1. The molecule has 0 aromatic rings. The van der Waals surface area contributed by atoms with Crippen molar-refractivity contribution < 1.29 is 19.5 Å². The van der Waals surface area contributed by atoms with Crippen LogP contribution in [0.1, 0.15) is 20.8 Å². The maximum absolute atomic E-state index is 11.4. The molecule has 0 aliphatic rings. The fourth-order valence-electron chi connectivity index (χ4n) is 1.32. The number of carbonyl (C=O) groups excluding carboxylic acids is 2. The summed E-state index contributed by atoms with van der Waals surface area (Å²) < 4.78 is 0. The summed E-state index contributed by atoms with van der Waals surface area (Å²) in [5, 5.41) is 13.4. The van der Waals surface area contributed by atoms with Gasteiger partial charge in [-0.25, -0.2) is 4.79 Å². The molecule has 7 nitrogen and oxygen atoms in total. The Kier molecular flexibility index (Phi) is 6.96. The van der Waals surface area contributed by atoms with E-state index in [0.29, 0.717) is 0 Å². The summed E-state index contributed by atoms with van der Waals surface area (Å²) >= 11 is 0. The number of imide groups is 1. The van der Waals surface area contributed by atoms with Crippen LogP contribution in [-0.2, 0) is 9.59 Å². The SMILES string of the molecule is CC(C)NC(=O)NC(=O)CN(C)CC(C)C(=O)O. The molecule has 7 heteroatoms. The molecule has 1 atom stereocenters. The van der Waals surface area contributed by atoms with E-state index >= 15 is 0 Å². The predicted molar refractivity (Wildman–Crippen MR) is 66.1 cm³/mol. The van der Waals surface area contributed by atoms with Gasteiger partial charge in [0.25, 0.3) is 0 Å². The van der Waals surface area contributed by atoms with E-state index in [1.807, 2.05) is 0 Å². The number of amides is 3. The largest absolute Gasteiger partial charge is 0.481 e. The molecule has 0 saturated carbocycles. The van der Waals surface area contributed by atoms with Crippen molar-refractivity contribution in [2.24, 2.45) is 5.92 Å². The monoisotopic (exact) mass is 259 g/mol. The van der Waals surface area contributed by atoms with Crippen LogP contribution in [0.25, 0.3) is 0 Å². The maximum atomic E-state index is 11.4. The molecule has 0 heterocycles. The molecule has 0 aliphatic carbocycles. The first-order chi connectivity index (χ1) is 8.22. The Hall–Kier alpha value is -1.63. The number of nitrogens with one attached hydrogen (secondary N) is 2. The second-order valence-corrected chi connectivity index (χ2v) is 4.61. The van der Waals surface area contributed by atoms with Gasteiger partial charge in [0.05, 0.1) is 12.5 Å².